The summed E-state index contributed by atoms with van der Waals surface area (Å²) in [7, 11) is 0. The zero-order valence-electron chi connectivity index (χ0n) is 14.6. The number of amides is 1. The fraction of sp³-hybridized carbons (Fsp3) is 0.429. The topological polar surface area (TPSA) is 74.1 Å². The Morgan fingerprint density at radius 2 is 1.92 bits per heavy atom. The van der Waals surface area contributed by atoms with Gasteiger partial charge in [-0.3, -0.25) is 14.6 Å². The molecular formula is C21H21N3O2. The Kier molecular flexibility index (Phi) is 4.42. The van der Waals surface area contributed by atoms with Gasteiger partial charge in [-0.15, -0.1) is 0 Å². The molecule has 0 unspecified atom stereocenters. The number of hydrogen-bond donors (Lipinski definition) is 0. The third-order valence-corrected chi connectivity index (χ3v) is 5.39. The Morgan fingerprint density at radius 3 is 2.69 bits per heavy atom. The van der Waals surface area contributed by atoms with E-state index in [0.717, 1.165) is 43.1 Å². The van der Waals surface area contributed by atoms with Crippen LogP contribution < -0.4 is 0 Å². The third-order valence-electron chi connectivity index (χ3n) is 5.39. The van der Waals surface area contributed by atoms with Crippen molar-refractivity contribution >= 4 is 22.6 Å². The molecule has 0 radical (unpaired) electrons. The number of likely N-dealkylation sites (tertiary alicyclic amines) is 1. The molecule has 2 aromatic rings. The first-order chi connectivity index (χ1) is 12.7. The van der Waals surface area contributed by atoms with Gasteiger partial charge in [0.25, 0.3) is 0 Å². The number of nitriles is 1. The first kappa shape index (κ1) is 16.7. The van der Waals surface area contributed by atoms with Crippen molar-refractivity contribution in [2.75, 3.05) is 13.1 Å². The monoisotopic (exact) mass is 347 g/mol. The molecule has 1 aliphatic carbocycles. The summed E-state index contributed by atoms with van der Waals surface area (Å²) < 4.78 is 0. The maximum Gasteiger partial charge on any atom is 0.225 e. The number of piperidine rings is 1. The van der Waals surface area contributed by atoms with Gasteiger partial charge >= 0.3 is 0 Å². The number of rotatable bonds is 4. The molecule has 2 heterocycles. The standard InChI is InChI=1S/C21H21N3O2/c22-12-17(19-10-9-14-4-1-2-6-18(14)23-19)20(25)16-5-3-11-24(13-16)21(26)15-7-8-15/h1-2,4,6,9-10,15-17H,3,5,7-8,11,13H2/t16-,17+/m1/s1. The smallest absolute Gasteiger partial charge is 0.225 e. The molecule has 1 aromatic carbocycles. The number of carbonyl (C=O) groups is 2. The molecule has 4 rings (SSSR count). The maximum absolute atomic E-state index is 13.0. The summed E-state index contributed by atoms with van der Waals surface area (Å²) in [5.41, 5.74) is 1.29. The normalized spacial score (nSPS) is 21.2. The number of fused-ring (bicyclic) bond motifs is 1. The second-order valence-corrected chi connectivity index (χ2v) is 7.29. The number of aromatic nitrogens is 1. The molecule has 2 aliphatic rings. The number of pyridine rings is 1. The van der Waals surface area contributed by atoms with Crippen molar-refractivity contribution in [1.82, 2.24) is 9.88 Å². The average Bonchev–Trinajstić information content (AvgIpc) is 3.53. The lowest BCUT2D eigenvalue weighted by Gasteiger charge is -2.32. The summed E-state index contributed by atoms with van der Waals surface area (Å²) in [4.78, 5) is 31.7. The van der Waals surface area contributed by atoms with Crippen LogP contribution in [0.3, 0.4) is 0 Å². The molecule has 0 bridgehead atoms. The second kappa shape index (κ2) is 6.87. The number of Topliss-reactive ketones (excluding diaryl/α,β-unsaturated/α-hetero) is 1. The van der Waals surface area contributed by atoms with Gasteiger partial charge in [0.1, 0.15) is 5.92 Å². The minimum Gasteiger partial charge on any atom is -0.342 e. The summed E-state index contributed by atoms with van der Waals surface area (Å²) in [5.74, 6) is -0.911. The van der Waals surface area contributed by atoms with Crippen molar-refractivity contribution in [3.63, 3.8) is 0 Å². The van der Waals surface area contributed by atoms with Gasteiger partial charge in [0.2, 0.25) is 5.91 Å². The fourth-order valence-corrected chi connectivity index (χ4v) is 3.75. The molecule has 1 saturated carbocycles. The molecule has 2 fully saturated rings. The number of nitrogens with zero attached hydrogens (tertiary/aromatic N) is 3. The molecule has 1 aliphatic heterocycles. The van der Waals surface area contributed by atoms with Crippen LogP contribution in [0.4, 0.5) is 0 Å². The van der Waals surface area contributed by atoms with Gasteiger partial charge in [-0.1, -0.05) is 24.3 Å². The van der Waals surface area contributed by atoms with Crippen molar-refractivity contribution in [3.8, 4) is 6.07 Å². The first-order valence-corrected chi connectivity index (χ1v) is 9.25. The summed E-state index contributed by atoms with van der Waals surface area (Å²) in [6.07, 6.45) is 3.49. The SMILES string of the molecule is N#C[C@H](C(=O)[C@@H]1CCCN(C(=O)C2CC2)C1)c1ccc2ccccc2n1. The number of para-hydroxylation sites is 1. The van der Waals surface area contributed by atoms with Crippen LogP contribution in [0.2, 0.25) is 0 Å². The van der Waals surface area contributed by atoms with Crippen LogP contribution in [0.5, 0.6) is 0 Å². The summed E-state index contributed by atoms with van der Waals surface area (Å²) in [5, 5.41) is 10.6. The van der Waals surface area contributed by atoms with Crippen LogP contribution in [0, 0.1) is 23.2 Å². The van der Waals surface area contributed by atoms with E-state index in [4.69, 9.17) is 0 Å². The molecule has 1 aromatic heterocycles. The van der Waals surface area contributed by atoms with Crippen LogP contribution >= 0.6 is 0 Å². The number of carbonyl (C=O) groups excluding carboxylic acids is 2. The van der Waals surface area contributed by atoms with E-state index in [2.05, 4.69) is 11.1 Å². The van der Waals surface area contributed by atoms with Crippen LogP contribution in [-0.2, 0) is 9.59 Å². The Hall–Kier alpha value is -2.74. The highest BCUT2D eigenvalue weighted by atomic mass is 16.2. The molecule has 0 spiro atoms. The first-order valence-electron chi connectivity index (χ1n) is 9.25. The van der Waals surface area contributed by atoms with Gasteiger partial charge in [-0.05, 0) is 37.8 Å². The zero-order chi connectivity index (χ0) is 18.1. The predicted octanol–water partition coefficient (Wildman–Crippen LogP) is 3.06. The lowest BCUT2D eigenvalue weighted by molar-refractivity contribution is -0.136. The minimum atomic E-state index is -0.874. The summed E-state index contributed by atoms with van der Waals surface area (Å²) in [6, 6.07) is 13.5. The number of ketones is 1. The van der Waals surface area contributed by atoms with E-state index in [1.165, 1.54) is 0 Å². The summed E-state index contributed by atoms with van der Waals surface area (Å²) >= 11 is 0. The molecular weight excluding hydrogens is 326 g/mol. The lowest BCUT2D eigenvalue weighted by Crippen LogP contribution is -2.44. The van der Waals surface area contributed by atoms with Gasteiger partial charge in [-0.25, -0.2) is 0 Å². The van der Waals surface area contributed by atoms with E-state index >= 15 is 0 Å². The Morgan fingerprint density at radius 1 is 1.12 bits per heavy atom. The summed E-state index contributed by atoms with van der Waals surface area (Å²) in [6.45, 7) is 1.17. The van der Waals surface area contributed by atoms with Gasteiger partial charge in [0.05, 0.1) is 17.3 Å². The van der Waals surface area contributed by atoms with Crippen molar-refractivity contribution in [1.29, 1.82) is 5.26 Å². The molecule has 0 N–H and O–H groups in total. The molecule has 5 heteroatoms. The van der Waals surface area contributed by atoms with Crippen LogP contribution in [0.25, 0.3) is 10.9 Å². The van der Waals surface area contributed by atoms with Crippen LogP contribution in [-0.4, -0.2) is 34.7 Å². The van der Waals surface area contributed by atoms with Crippen LogP contribution in [0.1, 0.15) is 37.3 Å². The Balaban J connectivity index is 1.54. The predicted molar refractivity (Wildman–Crippen MR) is 97.1 cm³/mol. The van der Waals surface area contributed by atoms with Crippen molar-refractivity contribution in [2.45, 2.75) is 31.6 Å². The highest BCUT2D eigenvalue weighted by Crippen LogP contribution is 2.33. The van der Waals surface area contributed by atoms with Crippen LogP contribution in [0.15, 0.2) is 36.4 Å². The molecule has 1 saturated heterocycles. The largest absolute Gasteiger partial charge is 0.342 e. The van der Waals surface area contributed by atoms with Gasteiger partial charge in [-0.2, -0.15) is 5.26 Å². The fourth-order valence-electron chi connectivity index (χ4n) is 3.75. The molecule has 132 valence electrons. The number of hydrogen-bond acceptors (Lipinski definition) is 4. The van der Waals surface area contributed by atoms with Crippen molar-refractivity contribution < 1.29 is 9.59 Å². The second-order valence-electron chi connectivity index (χ2n) is 7.29. The Labute approximate surface area is 152 Å². The lowest BCUT2D eigenvalue weighted by atomic mass is 9.85. The van der Waals surface area contributed by atoms with Crippen molar-refractivity contribution in [3.05, 3.63) is 42.1 Å². The third kappa shape index (κ3) is 3.20. The molecule has 5 nitrogen and oxygen atoms in total. The van der Waals surface area contributed by atoms with E-state index in [1.807, 2.05) is 35.2 Å². The quantitative estimate of drug-likeness (QED) is 0.852. The maximum atomic E-state index is 13.0. The zero-order valence-corrected chi connectivity index (χ0v) is 14.6. The highest BCUT2D eigenvalue weighted by Gasteiger charge is 2.38. The van der Waals surface area contributed by atoms with E-state index in [9.17, 15) is 14.9 Å². The van der Waals surface area contributed by atoms with Gasteiger partial charge in [0.15, 0.2) is 5.78 Å². The van der Waals surface area contributed by atoms with Gasteiger partial charge in [0, 0.05) is 30.3 Å². The van der Waals surface area contributed by atoms with E-state index in [0.29, 0.717) is 12.2 Å². The van der Waals surface area contributed by atoms with Gasteiger partial charge < -0.3 is 4.90 Å². The minimum absolute atomic E-state index is 0.108. The van der Waals surface area contributed by atoms with E-state index in [1.54, 1.807) is 6.07 Å². The van der Waals surface area contributed by atoms with Crippen molar-refractivity contribution in [2.24, 2.45) is 11.8 Å². The molecule has 26 heavy (non-hydrogen) atoms. The average molecular weight is 347 g/mol. The van der Waals surface area contributed by atoms with E-state index < -0.39 is 5.92 Å². The highest BCUT2D eigenvalue weighted by molar-refractivity contribution is 5.91. The van der Waals surface area contributed by atoms with E-state index in [-0.39, 0.29) is 23.5 Å². The molecule has 2 atom stereocenters. The molecule has 1 amide bonds. The number of benzene rings is 1. The Bertz CT molecular complexity index is 898.